The summed E-state index contributed by atoms with van der Waals surface area (Å²) in [7, 11) is 1.78. The van der Waals surface area contributed by atoms with Crippen LogP contribution in [0, 0.1) is 0 Å². The molecular formula is C24H21N2O2+. The standard InChI is InChI=1S/C24H20N2O2/c1-25-22(19-13-7-3-8-14-19)26(20-15-9-4-10-16-20)24(28)21(23(25)27)17-18-11-5-2-6-12-18/h2-16H,17H2,1H3/p+1. The zero-order valence-corrected chi connectivity index (χ0v) is 15.6. The first-order valence-corrected chi connectivity index (χ1v) is 9.18. The molecule has 0 fully saturated rings. The predicted molar refractivity (Wildman–Crippen MR) is 110 cm³/mol. The summed E-state index contributed by atoms with van der Waals surface area (Å²) in [4.78, 5) is 13.5. The molecule has 0 saturated carbocycles. The minimum absolute atomic E-state index is 0.0140. The van der Waals surface area contributed by atoms with E-state index in [1.807, 2.05) is 91.0 Å². The summed E-state index contributed by atoms with van der Waals surface area (Å²) in [5, 5.41) is 10.9. The van der Waals surface area contributed by atoms with Gasteiger partial charge in [0.15, 0.2) is 0 Å². The van der Waals surface area contributed by atoms with Gasteiger partial charge in [0, 0.05) is 6.42 Å². The van der Waals surface area contributed by atoms with Gasteiger partial charge in [0.2, 0.25) is 0 Å². The zero-order valence-electron chi connectivity index (χ0n) is 15.6. The van der Waals surface area contributed by atoms with Gasteiger partial charge in [0.1, 0.15) is 11.3 Å². The molecule has 3 aromatic carbocycles. The molecule has 0 bridgehead atoms. The van der Waals surface area contributed by atoms with Crippen LogP contribution in [0.2, 0.25) is 0 Å². The summed E-state index contributed by atoms with van der Waals surface area (Å²) in [5.41, 5.74) is 2.74. The van der Waals surface area contributed by atoms with Crippen molar-refractivity contribution < 1.29 is 9.67 Å². The number of benzene rings is 3. The van der Waals surface area contributed by atoms with Crippen molar-refractivity contribution in [1.29, 1.82) is 0 Å². The van der Waals surface area contributed by atoms with Crippen molar-refractivity contribution in [3.8, 4) is 23.0 Å². The van der Waals surface area contributed by atoms with Gasteiger partial charge in [-0.15, -0.1) is 0 Å². The maximum absolute atomic E-state index is 13.5. The molecule has 0 unspecified atom stereocenters. The highest BCUT2D eigenvalue weighted by atomic mass is 16.3. The average Bonchev–Trinajstić information content (AvgIpc) is 2.75. The Kier molecular flexibility index (Phi) is 4.77. The highest BCUT2D eigenvalue weighted by molar-refractivity contribution is 5.56. The van der Waals surface area contributed by atoms with Gasteiger partial charge in [-0.25, -0.2) is 4.79 Å². The third-order valence-corrected chi connectivity index (χ3v) is 4.85. The lowest BCUT2D eigenvalue weighted by Crippen LogP contribution is -2.42. The second-order valence-electron chi connectivity index (χ2n) is 6.69. The fraction of sp³-hybridized carbons (Fsp3) is 0.0833. The highest BCUT2D eigenvalue weighted by Crippen LogP contribution is 2.22. The van der Waals surface area contributed by atoms with E-state index in [-0.39, 0.29) is 11.4 Å². The van der Waals surface area contributed by atoms with E-state index in [4.69, 9.17) is 0 Å². The highest BCUT2D eigenvalue weighted by Gasteiger charge is 2.28. The van der Waals surface area contributed by atoms with Gasteiger partial charge in [-0.2, -0.15) is 9.13 Å². The molecule has 0 aliphatic rings. The van der Waals surface area contributed by atoms with Crippen molar-refractivity contribution in [2.75, 3.05) is 0 Å². The molecule has 4 rings (SSSR count). The molecule has 1 aromatic heterocycles. The Bertz CT molecular complexity index is 1150. The van der Waals surface area contributed by atoms with E-state index in [1.54, 1.807) is 16.2 Å². The molecule has 0 spiro atoms. The van der Waals surface area contributed by atoms with Crippen LogP contribution in [-0.2, 0) is 13.5 Å². The van der Waals surface area contributed by atoms with Crippen LogP contribution in [-0.4, -0.2) is 9.67 Å². The van der Waals surface area contributed by atoms with E-state index < -0.39 is 0 Å². The Hall–Kier alpha value is -3.66. The Morgan fingerprint density at radius 1 is 0.821 bits per heavy atom. The molecule has 4 nitrogen and oxygen atoms in total. The monoisotopic (exact) mass is 369 g/mol. The third kappa shape index (κ3) is 3.21. The van der Waals surface area contributed by atoms with Crippen LogP contribution in [0.1, 0.15) is 11.1 Å². The lowest BCUT2D eigenvalue weighted by molar-refractivity contribution is -0.671. The van der Waals surface area contributed by atoms with Crippen molar-refractivity contribution >= 4 is 0 Å². The molecule has 1 N–H and O–H groups in total. The lowest BCUT2D eigenvalue weighted by atomic mass is 10.1. The number of aromatic hydroxyl groups is 1. The van der Waals surface area contributed by atoms with E-state index in [0.29, 0.717) is 17.8 Å². The number of para-hydroxylation sites is 1. The molecule has 0 amide bonds. The smallest absolute Gasteiger partial charge is 0.350 e. The molecule has 0 aliphatic heterocycles. The second kappa shape index (κ2) is 7.53. The molecule has 28 heavy (non-hydrogen) atoms. The molecule has 4 heteroatoms. The first-order valence-electron chi connectivity index (χ1n) is 9.18. The quantitative estimate of drug-likeness (QED) is 0.559. The Labute approximate surface area is 163 Å². The summed E-state index contributed by atoms with van der Waals surface area (Å²) in [6, 6.07) is 28.9. The van der Waals surface area contributed by atoms with Gasteiger partial charge >= 0.3 is 5.56 Å². The van der Waals surface area contributed by atoms with Gasteiger partial charge < -0.3 is 5.11 Å². The van der Waals surface area contributed by atoms with E-state index in [1.165, 1.54) is 0 Å². The van der Waals surface area contributed by atoms with Gasteiger partial charge in [-0.05, 0) is 29.8 Å². The van der Waals surface area contributed by atoms with Crippen LogP contribution in [0.3, 0.4) is 0 Å². The Balaban J connectivity index is 2.02. The summed E-state index contributed by atoms with van der Waals surface area (Å²) >= 11 is 0. The number of hydrogen-bond donors (Lipinski definition) is 1. The minimum atomic E-state index is -0.218. The summed E-state index contributed by atoms with van der Waals surface area (Å²) < 4.78 is 3.36. The SMILES string of the molecule is C[n+]1c(O)c(Cc2ccccc2)c(=O)n(-c2ccccc2)c1-c1ccccc1. The van der Waals surface area contributed by atoms with Crippen LogP contribution in [0.4, 0.5) is 0 Å². The largest absolute Gasteiger partial charge is 0.477 e. The van der Waals surface area contributed by atoms with Crippen LogP contribution >= 0.6 is 0 Å². The first kappa shape index (κ1) is 17.7. The van der Waals surface area contributed by atoms with Crippen LogP contribution in [0.25, 0.3) is 17.1 Å². The van der Waals surface area contributed by atoms with Crippen molar-refractivity contribution in [3.63, 3.8) is 0 Å². The molecule has 138 valence electrons. The Morgan fingerprint density at radius 2 is 1.36 bits per heavy atom. The zero-order chi connectivity index (χ0) is 19.5. The van der Waals surface area contributed by atoms with Crippen molar-refractivity contribution in [2.45, 2.75) is 6.42 Å². The van der Waals surface area contributed by atoms with Crippen molar-refractivity contribution in [1.82, 2.24) is 4.57 Å². The topological polar surface area (TPSA) is 46.1 Å². The van der Waals surface area contributed by atoms with Crippen LogP contribution in [0.15, 0.2) is 95.8 Å². The van der Waals surface area contributed by atoms with E-state index in [9.17, 15) is 9.90 Å². The third-order valence-electron chi connectivity index (χ3n) is 4.85. The summed E-state index contributed by atoms with van der Waals surface area (Å²) in [6.45, 7) is 0. The van der Waals surface area contributed by atoms with Gasteiger partial charge in [-0.3, -0.25) is 0 Å². The molecule has 0 atom stereocenters. The maximum atomic E-state index is 13.5. The minimum Gasteiger partial charge on any atom is -0.477 e. The van der Waals surface area contributed by atoms with Gasteiger partial charge in [0.25, 0.3) is 11.7 Å². The second-order valence-corrected chi connectivity index (χ2v) is 6.69. The maximum Gasteiger partial charge on any atom is 0.350 e. The molecular weight excluding hydrogens is 348 g/mol. The molecule has 0 saturated heterocycles. The molecule has 1 heterocycles. The van der Waals surface area contributed by atoms with Crippen molar-refractivity contribution in [2.24, 2.45) is 7.05 Å². The number of hydrogen-bond acceptors (Lipinski definition) is 2. The van der Waals surface area contributed by atoms with Crippen LogP contribution < -0.4 is 10.1 Å². The number of rotatable bonds is 4. The Morgan fingerprint density at radius 3 is 1.96 bits per heavy atom. The number of nitrogens with zero attached hydrogens (tertiary/aromatic N) is 2. The van der Waals surface area contributed by atoms with Crippen molar-refractivity contribution in [3.05, 3.63) is 112 Å². The fourth-order valence-corrected chi connectivity index (χ4v) is 3.46. The molecule has 4 aromatic rings. The number of aromatic nitrogens is 2. The van der Waals surface area contributed by atoms with E-state index >= 15 is 0 Å². The van der Waals surface area contributed by atoms with E-state index in [2.05, 4.69) is 0 Å². The fourth-order valence-electron chi connectivity index (χ4n) is 3.46. The lowest BCUT2D eigenvalue weighted by Gasteiger charge is -2.13. The van der Waals surface area contributed by atoms with Crippen LogP contribution in [0.5, 0.6) is 5.88 Å². The van der Waals surface area contributed by atoms with Gasteiger partial charge in [-0.1, -0.05) is 66.7 Å². The van der Waals surface area contributed by atoms with E-state index in [0.717, 1.165) is 16.8 Å². The predicted octanol–water partition coefficient (Wildman–Crippen LogP) is 3.63. The summed E-state index contributed by atoms with van der Waals surface area (Å²) in [5.74, 6) is 0.617. The molecule has 0 aliphatic carbocycles. The normalized spacial score (nSPS) is 10.8. The molecule has 0 radical (unpaired) electrons. The average molecular weight is 369 g/mol. The van der Waals surface area contributed by atoms with Gasteiger partial charge in [0.05, 0.1) is 12.6 Å². The first-order chi connectivity index (χ1) is 13.7. The summed E-state index contributed by atoms with van der Waals surface area (Å²) in [6.07, 6.45) is 0.362.